The van der Waals surface area contributed by atoms with Crippen LogP contribution in [0.1, 0.15) is 50.7 Å². The van der Waals surface area contributed by atoms with E-state index in [0.29, 0.717) is 11.3 Å². The van der Waals surface area contributed by atoms with E-state index in [1.165, 1.54) is 26.4 Å². The Morgan fingerprint density at radius 2 is 1.61 bits per heavy atom. The highest BCUT2D eigenvalue weighted by molar-refractivity contribution is 7.88. The number of imide groups is 1. The number of hydrogen-bond acceptors (Lipinski definition) is 9. The van der Waals surface area contributed by atoms with Gasteiger partial charge in [0.05, 0.1) is 31.4 Å². The predicted octanol–water partition coefficient (Wildman–Crippen LogP) is 4.98. The summed E-state index contributed by atoms with van der Waals surface area (Å²) in [7, 11) is -3.33. The second-order valence-electron chi connectivity index (χ2n) is 9.40. The second kappa shape index (κ2) is 13.2. The number of nitrogens with zero attached hydrogens (tertiary/aromatic N) is 1. The predicted molar refractivity (Wildman–Crippen MR) is 149 cm³/mol. The summed E-state index contributed by atoms with van der Waals surface area (Å²) in [4.78, 5) is 40.1. The highest BCUT2D eigenvalue weighted by atomic mass is 32.2. The molecule has 0 saturated heterocycles. The first-order valence-electron chi connectivity index (χ1n) is 13.1. The summed E-state index contributed by atoms with van der Waals surface area (Å²) in [5.74, 6) is -2.25. The minimum atomic E-state index is -6.13. The molecule has 1 aliphatic heterocycles. The molecular formula is C29H27F3N2O9S. The van der Waals surface area contributed by atoms with E-state index in [9.17, 15) is 36.0 Å². The Kier molecular flexibility index (Phi) is 9.67. The van der Waals surface area contributed by atoms with Crippen LogP contribution in [-0.4, -0.2) is 57.5 Å². The van der Waals surface area contributed by atoms with E-state index in [1.807, 2.05) is 6.07 Å². The quantitative estimate of drug-likeness (QED) is 0.126. The first-order valence-corrected chi connectivity index (χ1v) is 14.5. The van der Waals surface area contributed by atoms with Crippen molar-refractivity contribution in [3.63, 3.8) is 0 Å². The molecule has 1 heterocycles. The number of methoxy groups -OCH3 is 2. The zero-order valence-corrected chi connectivity index (χ0v) is 24.2. The molecule has 15 heteroatoms. The lowest BCUT2D eigenvalue weighted by molar-refractivity contribution is -0.0500. The first-order chi connectivity index (χ1) is 20.9. The van der Waals surface area contributed by atoms with E-state index in [0.717, 1.165) is 22.6 Å². The van der Waals surface area contributed by atoms with E-state index in [2.05, 4.69) is 9.50 Å². The van der Waals surface area contributed by atoms with Crippen LogP contribution >= 0.6 is 0 Å². The van der Waals surface area contributed by atoms with Crippen molar-refractivity contribution >= 4 is 28.0 Å². The molecule has 1 N–H and O–H groups in total. The van der Waals surface area contributed by atoms with Gasteiger partial charge in [-0.05, 0) is 48.2 Å². The third-order valence-electron chi connectivity index (χ3n) is 6.63. The second-order valence-corrected chi connectivity index (χ2v) is 10.9. The van der Waals surface area contributed by atoms with Gasteiger partial charge < -0.3 is 23.7 Å². The zero-order chi connectivity index (χ0) is 32.1. The smallest absolute Gasteiger partial charge is 0.493 e. The molecule has 3 aromatic rings. The van der Waals surface area contributed by atoms with E-state index < -0.39 is 50.9 Å². The van der Waals surface area contributed by atoms with Crippen LogP contribution in [-0.2, 0) is 21.5 Å². The van der Waals surface area contributed by atoms with Crippen molar-refractivity contribution in [2.75, 3.05) is 20.8 Å². The van der Waals surface area contributed by atoms with Crippen molar-refractivity contribution in [3.8, 4) is 17.2 Å². The monoisotopic (exact) mass is 636 g/mol. The number of alkyl halides is 3. The van der Waals surface area contributed by atoms with Crippen molar-refractivity contribution in [1.82, 2.24) is 10.2 Å². The number of nitrogens with one attached hydrogen (secondary N) is 1. The molecule has 1 aliphatic rings. The minimum absolute atomic E-state index is 0.0461. The lowest BCUT2D eigenvalue weighted by Crippen LogP contribution is -2.35. The average Bonchev–Trinajstić information content (AvgIpc) is 3.25. The molecule has 3 amide bonds. The van der Waals surface area contributed by atoms with Gasteiger partial charge in [0.25, 0.3) is 11.8 Å². The lowest BCUT2D eigenvalue weighted by atomic mass is 9.99. The summed E-state index contributed by atoms with van der Waals surface area (Å²) >= 11 is 0. The van der Waals surface area contributed by atoms with Crippen molar-refractivity contribution in [3.05, 3.63) is 89.0 Å². The third kappa shape index (κ3) is 6.88. The van der Waals surface area contributed by atoms with Crippen molar-refractivity contribution in [2.45, 2.75) is 31.0 Å². The molecule has 0 aromatic heterocycles. The third-order valence-corrected chi connectivity index (χ3v) is 7.60. The van der Waals surface area contributed by atoms with Crippen molar-refractivity contribution in [1.29, 1.82) is 0 Å². The summed E-state index contributed by atoms with van der Waals surface area (Å²) in [6, 6.07) is 15.8. The van der Waals surface area contributed by atoms with Gasteiger partial charge in [-0.3, -0.25) is 14.5 Å². The SMILES string of the molecule is COc1ccc([C@@H](CCCNC(=O)OCc2ccccc2)N2C(=O)c3cccc(OS(=O)(=O)C(F)(F)F)c3C2=O)cc1OC. The van der Waals surface area contributed by atoms with Crippen LogP contribution < -0.4 is 19.0 Å². The average molecular weight is 637 g/mol. The summed E-state index contributed by atoms with van der Waals surface area (Å²) in [6.07, 6.45) is -0.389. The summed E-state index contributed by atoms with van der Waals surface area (Å²) < 4.78 is 82.6. The molecule has 0 fully saturated rings. The van der Waals surface area contributed by atoms with E-state index in [-0.39, 0.29) is 37.3 Å². The Bertz CT molecular complexity index is 1650. The summed E-state index contributed by atoms with van der Waals surface area (Å²) in [5, 5.41) is 2.59. The molecule has 234 valence electrons. The van der Waals surface area contributed by atoms with Crippen LogP contribution in [0.25, 0.3) is 0 Å². The molecule has 44 heavy (non-hydrogen) atoms. The van der Waals surface area contributed by atoms with Gasteiger partial charge >= 0.3 is 21.7 Å². The molecule has 4 rings (SSSR count). The highest BCUT2D eigenvalue weighted by Crippen LogP contribution is 2.41. The topological polar surface area (TPSA) is 138 Å². The molecule has 0 saturated carbocycles. The van der Waals surface area contributed by atoms with Gasteiger partial charge in [0.15, 0.2) is 17.2 Å². The number of ether oxygens (including phenoxy) is 3. The van der Waals surface area contributed by atoms with Crippen LogP contribution in [0.15, 0.2) is 66.7 Å². The van der Waals surface area contributed by atoms with Crippen LogP contribution in [0.2, 0.25) is 0 Å². The zero-order valence-electron chi connectivity index (χ0n) is 23.4. The number of halogens is 3. The standard InChI is InChI=1S/C29H27F3N2O9S/c1-40-22-14-13-19(16-24(22)41-2)21(11-7-15-33-28(37)42-17-18-8-4-3-5-9-18)34-26(35)20-10-6-12-23(25(20)27(34)36)43-44(38,39)29(30,31)32/h3-6,8-10,12-14,16,21H,7,11,15,17H2,1-2H3,(H,33,37)/t21-/m1/s1. The number of rotatable bonds is 12. The first kappa shape index (κ1) is 32.1. The molecule has 0 radical (unpaired) electrons. The van der Waals surface area contributed by atoms with Gasteiger partial charge in [-0.25, -0.2) is 4.79 Å². The number of benzene rings is 3. The molecular weight excluding hydrogens is 609 g/mol. The minimum Gasteiger partial charge on any atom is -0.493 e. The van der Waals surface area contributed by atoms with Crippen molar-refractivity contribution in [2.24, 2.45) is 0 Å². The molecule has 3 aromatic carbocycles. The number of carbonyl (C=O) groups excluding carboxylic acids is 3. The molecule has 11 nitrogen and oxygen atoms in total. The van der Waals surface area contributed by atoms with Crippen LogP contribution in [0.4, 0.5) is 18.0 Å². The van der Waals surface area contributed by atoms with E-state index in [1.54, 1.807) is 36.4 Å². The van der Waals surface area contributed by atoms with E-state index >= 15 is 0 Å². The Morgan fingerprint density at radius 3 is 2.27 bits per heavy atom. The number of hydrogen-bond donors (Lipinski definition) is 1. The Hall–Kier alpha value is -4.79. The maximum absolute atomic E-state index is 13.6. The number of alkyl carbamates (subject to hydrolysis) is 1. The van der Waals surface area contributed by atoms with E-state index in [4.69, 9.17) is 14.2 Å². The van der Waals surface area contributed by atoms with Gasteiger partial charge in [0, 0.05) is 6.54 Å². The number of fused-ring (bicyclic) bond motifs is 1. The normalized spacial score (nSPS) is 13.7. The fourth-order valence-electron chi connectivity index (χ4n) is 4.56. The van der Waals surface area contributed by atoms with Gasteiger partial charge in [0.2, 0.25) is 0 Å². The fourth-order valence-corrected chi connectivity index (χ4v) is 5.03. The summed E-state index contributed by atoms with van der Waals surface area (Å²) in [6.45, 7) is 0.128. The van der Waals surface area contributed by atoms with Crippen LogP contribution in [0.3, 0.4) is 0 Å². The molecule has 1 atom stereocenters. The molecule has 0 unspecified atom stereocenters. The van der Waals surface area contributed by atoms with Gasteiger partial charge in [0.1, 0.15) is 6.61 Å². The van der Waals surface area contributed by atoms with Gasteiger partial charge in [-0.15, -0.1) is 0 Å². The maximum atomic E-state index is 13.6. The number of amides is 3. The fraction of sp³-hybridized carbons (Fsp3) is 0.276. The number of carbonyl (C=O) groups is 3. The maximum Gasteiger partial charge on any atom is 0.534 e. The Morgan fingerprint density at radius 1 is 0.909 bits per heavy atom. The lowest BCUT2D eigenvalue weighted by Gasteiger charge is -2.27. The highest BCUT2D eigenvalue weighted by Gasteiger charge is 2.50. The Labute approximate surface area is 250 Å². The van der Waals surface area contributed by atoms with Crippen molar-refractivity contribution < 1.29 is 54.4 Å². The van der Waals surface area contributed by atoms with Crippen LogP contribution in [0, 0.1) is 0 Å². The van der Waals surface area contributed by atoms with Crippen LogP contribution in [0.5, 0.6) is 17.2 Å². The molecule has 0 spiro atoms. The Balaban J connectivity index is 1.57. The molecule has 0 bridgehead atoms. The van der Waals surface area contributed by atoms with Gasteiger partial charge in [-0.2, -0.15) is 21.6 Å². The molecule has 0 aliphatic carbocycles. The van der Waals surface area contributed by atoms with Gasteiger partial charge in [-0.1, -0.05) is 42.5 Å². The summed E-state index contributed by atoms with van der Waals surface area (Å²) in [5.41, 5.74) is -5.54. The largest absolute Gasteiger partial charge is 0.534 e.